The normalized spacial score (nSPS) is 11.2. The number of fused-ring (bicyclic) bond motifs is 1. The van der Waals surface area contributed by atoms with Crippen LogP contribution >= 0.6 is 11.6 Å². The summed E-state index contributed by atoms with van der Waals surface area (Å²) in [6, 6.07) is 7.89. The summed E-state index contributed by atoms with van der Waals surface area (Å²) in [5, 5.41) is 9.78. The molecule has 0 amide bonds. The Balaban J connectivity index is 2.32. The number of halogens is 1. The van der Waals surface area contributed by atoms with Crippen molar-refractivity contribution in [1.29, 1.82) is 0 Å². The van der Waals surface area contributed by atoms with Gasteiger partial charge in [0, 0.05) is 12.7 Å². The van der Waals surface area contributed by atoms with Crippen molar-refractivity contribution < 1.29 is 5.11 Å². The summed E-state index contributed by atoms with van der Waals surface area (Å²) in [6.07, 6.45) is 1.65. The molecule has 0 atom stereocenters. The lowest BCUT2D eigenvalue weighted by atomic mass is 10.1. The molecule has 1 aromatic carbocycles. The Bertz CT molecular complexity index is 811. The van der Waals surface area contributed by atoms with Crippen molar-refractivity contribution >= 4 is 22.6 Å². The molecule has 0 bridgehead atoms. The fourth-order valence-electron chi connectivity index (χ4n) is 2.46. The molecule has 21 heavy (non-hydrogen) atoms. The molecule has 1 N–H and O–H groups in total. The SMILES string of the molecule is Cc1cc2nc(-c3cccnc3Cl)n(CCO)c2cc1C. The Labute approximate surface area is 128 Å². The summed E-state index contributed by atoms with van der Waals surface area (Å²) in [5.74, 6) is 0.738. The highest BCUT2D eigenvalue weighted by atomic mass is 35.5. The molecule has 3 aromatic rings. The number of hydrogen-bond donors (Lipinski definition) is 1. The first-order valence-electron chi connectivity index (χ1n) is 6.81. The Hall–Kier alpha value is -1.91. The van der Waals surface area contributed by atoms with E-state index in [0.29, 0.717) is 11.7 Å². The van der Waals surface area contributed by atoms with Crippen molar-refractivity contribution in [2.75, 3.05) is 6.61 Å². The highest BCUT2D eigenvalue weighted by molar-refractivity contribution is 6.32. The molecule has 0 radical (unpaired) electrons. The molecule has 2 heterocycles. The number of benzene rings is 1. The van der Waals surface area contributed by atoms with Crippen LogP contribution in [0, 0.1) is 13.8 Å². The van der Waals surface area contributed by atoms with Gasteiger partial charge >= 0.3 is 0 Å². The molecule has 0 spiro atoms. The summed E-state index contributed by atoms with van der Waals surface area (Å²) < 4.78 is 1.99. The Morgan fingerprint density at radius 2 is 2.00 bits per heavy atom. The van der Waals surface area contributed by atoms with Gasteiger partial charge in [0.05, 0.1) is 23.2 Å². The van der Waals surface area contributed by atoms with E-state index in [-0.39, 0.29) is 6.61 Å². The quantitative estimate of drug-likeness (QED) is 0.755. The standard InChI is InChI=1S/C16H16ClN3O/c1-10-8-13-14(9-11(10)2)20(6-7-21)16(19-13)12-4-3-5-18-15(12)17/h3-5,8-9,21H,6-7H2,1-2H3. The second kappa shape index (κ2) is 5.47. The van der Waals surface area contributed by atoms with Gasteiger partial charge in [0.2, 0.25) is 0 Å². The molecule has 2 aromatic heterocycles. The fourth-order valence-corrected chi connectivity index (χ4v) is 2.67. The van der Waals surface area contributed by atoms with Crippen molar-refractivity contribution in [3.63, 3.8) is 0 Å². The number of nitrogens with zero attached hydrogens (tertiary/aromatic N) is 3. The van der Waals surface area contributed by atoms with Crippen molar-refractivity contribution in [1.82, 2.24) is 14.5 Å². The van der Waals surface area contributed by atoms with Crippen LogP contribution in [-0.2, 0) is 6.54 Å². The van der Waals surface area contributed by atoms with E-state index in [1.807, 2.05) is 16.7 Å². The molecular formula is C16H16ClN3O. The molecular weight excluding hydrogens is 286 g/mol. The van der Waals surface area contributed by atoms with E-state index in [1.54, 1.807) is 6.20 Å². The first-order chi connectivity index (χ1) is 10.1. The van der Waals surface area contributed by atoms with Crippen LogP contribution in [0.2, 0.25) is 5.15 Å². The lowest BCUT2D eigenvalue weighted by molar-refractivity contribution is 0.278. The zero-order valence-corrected chi connectivity index (χ0v) is 12.7. The number of pyridine rings is 1. The van der Waals surface area contributed by atoms with E-state index in [2.05, 4.69) is 31.0 Å². The van der Waals surface area contributed by atoms with E-state index in [1.165, 1.54) is 11.1 Å². The van der Waals surface area contributed by atoms with Crippen molar-refractivity contribution in [2.24, 2.45) is 0 Å². The number of aromatic nitrogens is 3. The Kier molecular flexibility index (Phi) is 3.66. The van der Waals surface area contributed by atoms with E-state index in [4.69, 9.17) is 16.6 Å². The number of aliphatic hydroxyl groups excluding tert-OH is 1. The lowest BCUT2D eigenvalue weighted by Gasteiger charge is -2.09. The van der Waals surface area contributed by atoms with Gasteiger partial charge in [-0.15, -0.1) is 0 Å². The highest BCUT2D eigenvalue weighted by Crippen LogP contribution is 2.30. The zero-order valence-electron chi connectivity index (χ0n) is 12.0. The minimum absolute atomic E-state index is 0.0449. The molecule has 3 rings (SSSR count). The van der Waals surface area contributed by atoms with Crippen molar-refractivity contribution in [3.05, 3.63) is 46.7 Å². The molecule has 0 unspecified atom stereocenters. The average molecular weight is 302 g/mol. The number of aryl methyl sites for hydroxylation is 2. The smallest absolute Gasteiger partial charge is 0.144 e. The van der Waals surface area contributed by atoms with Crippen molar-refractivity contribution in [2.45, 2.75) is 20.4 Å². The minimum Gasteiger partial charge on any atom is -0.395 e. The van der Waals surface area contributed by atoms with E-state index < -0.39 is 0 Å². The molecule has 108 valence electrons. The second-order valence-corrected chi connectivity index (χ2v) is 5.44. The number of hydrogen-bond acceptors (Lipinski definition) is 3. The van der Waals surface area contributed by atoms with E-state index in [9.17, 15) is 5.11 Å². The van der Waals surface area contributed by atoms with Gasteiger partial charge < -0.3 is 9.67 Å². The maximum Gasteiger partial charge on any atom is 0.144 e. The minimum atomic E-state index is 0.0449. The summed E-state index contributed by atoms with van der Waals surface area (Å²) in [5.41, 5.74) is 5.08. The maximum atomic E-state index is 9.36. The largest absolute Gasteiger partial charge is 0.395 e. The molecule has 0 fully saturated rings. The van der Waals surface area contributed by atoms with E-state index >= 15 is 0 Å². The Morgan fingerprint density at radius 1 is 1.24 bits per heavy atom. The highest BCUT2D eigenvalue weighted by Gasteiger charge is 2.15. The lowest BCUT2D eigenvalue weighted by Crippen LogP contribution is -2.04. The number of imidazole rings is 1. The topological polar surface area (TPSA) is 50.9 Å². The van der Waals surface area contributed by atoms with Crippen LogP contribution in [0.4, 0.5) is 0 Å². The van der Waals surface area contributed by atoms with Gasteiger partial charge in [-0.05, 0) is 49.2 Å². The summed E-state index contributed by atoms with van der Waals surface area (Å²) >= 11 is 6.19. The van der Waals surface area contributed by atoms with Gasteiger partial charge in [0.15, 0.2) is 0 Å². The third-order valence-corrected chi connectivity index (χ3v) is 3.99. The number of rotatable bonds is 3. The average Bonchev–Trinajstić information content (AvgIpc) is 2.79. The van der Waals surface area contributed by atoms with Crippen LogP contribution in [0.3, 0.4) is 0 Å². The Morgan fingerprint density at radius 3 is 2.71 bits per heavy atom. The van der Waals surface area contributed by atoms with Crippen LogP contribution < -0.4 is 0 Å². The second-order valence-electron chi connectivity index (χ2n) is 5.08. The van der Waals surface area contributed by atoms with Crippen LogP contribution in [0.25, 0.3) is 22.4 Å². The first kappa shape index (κ1) is 14.0. The zero-order chi connectivity index (χ0) is 15.0. The van der Waals surface area contributed by atoms with Crippen LogP contribution in [0.1, 0.15) is 11.1 Å². The van der Waals surface area contributed by atoms with Gasteiger partial charge in [-0.25, -0.2) is 9.97 Å². The maximum absolute atomic E-state index is 9.36. The third kappa shape index (κ3) is 2.41. The molecule has 0 aliphatic carbocycles. The third-order valence-electron chi connectivity index (χ3n) is 3.69. The van der Waals surface area contributed by atoms with Crippen LogP contribution in [0.15, 0.2) is 30.5 Å². The van der Waals surface area contributed by atoms with Gasteiger partial charge in [-0.1, -0.05) is 11.6 Å². The molecule has 0 aliphatic heterocycles. The monoisotopic (exact) mass is 301 g/mol. The molecule has 5 heteroatoms. The molecule has 0 saturated carbocycles. The first-order valence-corrected chi connectivity index (χ1v) is 7.19. The van der Waals surface area contributed by atoms with Crippen molar-refractivity contribution in [3.8, 4) is 11.4 Å². The van der Waals surface area contributed by atoms with Gasteiger partial charge in [-0.2, -0.15) is 0 Å². The summed E-state index contributed by atoms with van der Waals surface area (Å²) in [7, 11) is 0. The fraction of sp³-hybridized carbons (Fsp3) is 0.250. The van der Waals surface area contributed by atoms with Gasteiger partial charge in [0.1, 0.15) is 11.0 Å². The van der Waals surface area contributed by atoms with Gasteiger partial charge in [-0.3, -0.25) is 0 Å². The number of aliphatic hydroxyl groups is 1. The molecule has 0 aliphatic rings. The predicted octanol–water partition coefficient (Wildman–Crippen LogP) is 3.36. The molecule has 0 saturated heterocycles. The summed E-state index contributed by atoms with van der Waals surface area (Å²) in [4.78, 5) is 8.80. The predicted molar refractivity (Wildman–Crippen MR) is 84.5 cm³/mol. The summed E-state index contributed by atoms with van der Waals surface area (Å²) in [6.45, 7) is 4.65. The van der Waals surface area contributed by atoms with Gasteiger partial charge in [0.25, 0.3) is 0 Å². The van der Waals surface area contributed by atoms with E-state index in [0.717, 1.165) is 22.4 Å². The molecule has 4 nitrogen and oxygen atoms in total. The van der Waals surface area contributed by atoms with Crippen LogP contribution in [0.5, 0.6) is 0 Å². The van der Waals surface area contributed by atoms with Crippen LogP contribution in [-0.4, -0.2) is 26.2 Å².